The van der Waals surface area contributed by atoms with Crippen molar-refractivity contribution < 1.29 is 4.42 Å². The topological polar surface area (TPSA) is 26.0 Å². The lowest BCUT2D eigenvalue weighted by atomic mass is 10.1. The minimum Gasteiger partial charge on any atom is -0.436 e. The molecule has 2 heteroatoms. The molecule has 0 spiro atoms. The molecule has 1 aromatic heterocycles. The highest BCUT2D eigenvalue weighted by Gasteiger charge is 2.12. The van der Waals surface area contributed by atoms with E-state index in [1.807, 2.05) is 18.2 Å². The first-order valence-electron chi connectivity index (χ1n) is 7.08. The normalized spacial score (nSPS) is 11.3. The summed E-state index contributed by atoms with van der Waals surface area (Å²) in [5.41, 5.74) is 5.26. The van der Waals surface area contributed by atoms with Gasteiger partial charge in [-0.1, -0.05) is 48.0 Å². The molecule has 0 aliphatic carbocycles. The Bertz CT molecular complexity index is 966. The molecule has 1 heterocycles. The molecule has 0 aliphatic heterocycles. The standard InChI is InChI=1S/C19H15NO/c1-12-7-9-15(13(2)11-12)19-20-18-16-6-4-3-5-14(16)8-10-17(18)21-19/h3-11H,1-2H3. The maximum atomic E-state index is 5.97. The molecule has 3 aromatic carbocycles. The number of benzene rings is 3. The van der Waals surface area contributed by atoms with Gasteiger partial charge >= 0.3 is 0 Å². The van der Waals surface area contributed by atoms with Gasteiger partial charge in [0.25, 0.3) is 0 Å². The van der Waals surface area contributed by atoms with Gasteiger partial charge < -0.3 is 4.42 Å². The lowest BCUT2D eigenvalue weighted by Crippen LogP contribution is -1.84. The van der Waals surface area contributed by atoms with Crippen LogP contribution in [0.25, 0.3) is 33.3 Å². The molecule has 0 fully saturated rings. The van der Waals surface area contributed by atoms with Crippen molar-refractivity contribution in [3.8, 4) is 11.5 Å². The Hall–Kier alpha value is -2.61. The number of aryl methyl sites for hydroxylation is 2. The van der Waals surface area contributed by atoms with Crippen LogP contribution >= 0.6 is 0 Å². The highest BCUT2D eigenvalue weighted by Crippen LogP contribution is 2.31. The summed E-state index contributed by atoms with van der Waals surface area (Å²) >= 11 is 0. The smallest absolute Gasteiger partial charge is 0.227 e. The second-order valence-corrected chi connectivity index (χ2v) is 5.47. The predicted octanol–water partition coefficient (Wildman–Crippen LogP) is 5.26. The Morgan fingerprint density at radius 2 is 1.76 bits per heavy atom. The van der Waals surface area contributed by atoms with Crippen LogP contribution in [0, 0.1) is 13.8 Å². The van der Waals surface area contributed by atoms with E-state index in [0.717, 1.165) is 22.0 Å². The summed E-state index contributed by atoms with van der Waals surface area (Å²) in [6.07, 6.45) is 0. The van der Waals surface area contributed by atoms with Gasteiger partial charge in [0.15, 0.2) is 5.58 Å². The average molecular weight is 273 g/mol. The molecule has 0 aliphatic rings. The van der Waals surface area contributed by atoms with Crippen LogP contribution in [0.4, 0.5) is 0 Å². The molecule has 0 N–H and O–H groups in total. The fraction of sp³-hybridized carbons (Fsp3) is 0.105. The van der Waals surface area contributed by atoms with E-state index in [-0.39, 0.29) is 0 Å². The fourth-order valence-corrected chi connectivity index (χ4v) is 2.83. The number of fused-ring (bicyclic) bond motifs is 3. The van der Waals surface area contributed by atoms with Crippen molar-refractivity contribution in [3.63, 3.8) is 0 Å². The molecule has 0 saturated carbocycles. The molecular formula is C19H15NO. The molecule has 4 rings (SSSR count). The van der Waals surface area contributed by atoms with Crippen LogP contribution in [0.15, 0.2) is 59.0 Å². The van der Waals surface area contributed by atoms with E-state index in [0.29, 0.717) is 5.89 Å². The summed E-state index contributed by atoms with van der Waals surface area (Å²) in [6.45, 7) is 4.19. The maximum Gasteiger partial charge on any atom is 0.227 e. The zero-order valence-corrected chi connectivity index (χ0v) is 12.1. The fourth-order valence-electron chi connectivity index (χ4n) is 2.83. The van der Waals surface area contributed by atoms with Gasteiger partial charge in [-0.05, 0) is 36.9 Å². The lowest BCUT2D eigenvalue weighted by molar-refractivity contribution is 0.619. The van der Waals surface area contributed by atoms with Crippen molar-refractivity contribution in [2.24, 2.45) is 0 Å². The molecule has 2 nitrogen and oxygen atoms in total. The Morgan fingerprint density at radius 3 is 2.62 bits per heavy atom. The number of oxazole rings is 1. The first-order chi connectivity index (χ1) is 10.2. The van der Waals surface area contributed by atoms with Crippen LogP contribution in [0.2, 0.25) is 0 Å². The van der Waals surface area contributed by atoms with E-state index >= 15 is 0 Å². The zero-order valence-electron chi connectivity index (χ0n) is 12.1. The molecule has 0 saturated heterocycles. The predicted molar refractivity (Wildman–Crippen MR) is 86.4 cm³/mol. The third-order valence-corrected chi connectivity index (χ3v) is 3.90. The monoisotopic (exact) mass is 273 g/mol. The van der Waals surface area contributed by atoms with Gasteiger partial charge in [-0.2, -0.15) is 0 Å². The Balaban J connectivity index is 2.00. The van der Waals surface area contributed by atoms with Gasteiger partial charge in [0.05, 0.1) is 0 Å². The minimum atomic E-state index is 0.693. The lowest BCUT2D eigenvalue weighted by Gasteiger charge is -2.01. The van der Waals surface area contributed by atoms with E-state index in [9.17, 15) is 0 Å². The SMILES string of the molecule is Cc1ccc(-c2nc3c(ccc4ccccc43)o2)c(C)c1. The summed E-state index contributed by atoms with van der Waals surface area (Å²) in [6, 6.07) is 18.7. The third-order valence-electron chi connectivity index (χ3n) is 3.90. The maximum absolute atomic E-state index is 5.97. The highest BCUT2D eigenvalue weighted by molar-refractivity contribution is 6.03. The van der Waals surface area contributed by atoms with Crippen molar-refractivity contribution in [2.45, 2.75) is 13.8 Å². The van der Waals surface area contributed by atoms with Gasteiger partial charge in [-0.3, -0.25) is 0 Å². The zero-order chi connectivity index (χ0) is 14.4. The Kier molecular flexibility index (Phi) is 2.58. The van der Waals surface area contributed by atoms with Gasteiger partial charge in [0.1, 0.15) is 5.52 Å². The first kappa shape index (κ1) is 12.2. The largest absolute Gasteiger partial charge is 0.436 e. The van der Waals surface area contributed by atoms with Crippen molar-refractivity contribution in [3.05, 3.63) is 65.7 Å². The van der Waals surface area contributed by atoms with Gasteiger partial charge in [-0.15, -0.1) is 0 Å². The number of aromatic nitrogens is 1. The Labute approximate surface area is 123 Å². The minimum absolute atomic E-state index is 0.693. The van der Waals surface area contributed by atoms with Crippen LogP contribution in [0.3, 0.4) is 0 Å². The van der Waals surface area contributed by atoms with E-state index in [4.69, 9.17) is 9.40 Å². The number of rotatable bonds is 1. The van der Waals surface area contributed by atoms with Gasteiger partial charge in [0, 0.05) is 10.9 Å². The Morgan fingerprint density at radius 1 is 0.905 bits per heavy atom. The summed E-state index contributed by atoms with van der Waals surface area (Å²) < 4.78 is 5.97. The van der Waals surface area contributed by atoms with Crippen LogP contribution in [-0.2, 0) is 0 Å². The van der Waals surface area contributed by atoms with Gasteiger partial charge in [-0.25, -0.2) is 4.98 Å². The molecule has 102 valence electrons. The summed E-state index contributed by atoms with van der Waals surface area (Å²) in [5, 5.41) is 2.32. The van der Waals surface area contributed by atoms with E-state index in [2.05, 4.69) is 50.2 Å². The van der Waals surface area contributed by atoms with Crippen molar-refractivity contribution in [1.29, 1.82) is 0 Å². The van der Waals surface area contributed by atoms with Gasteiger partial charge in [0.2, 0.25) is 5.89 Å². The molecule has 0 atom stereocenters. The van der Waals surface area contributed by atoms with Crippen LogP contribution in [0.5, 0.6) is 0 Å². The molecule has 0 amide bonds. The molecule has 4 aromatic rings. The number of hydrogen-bond donors (Lipinski definition) is 0. The number of hydrogen-bond acceptors (Lipinski definition) is 2. The quantitative estimate of drug-likeness (QED) is 0.472. The number of nitrogens with zero attached hydrogens (tertiary/aromatic N) is 1. The second kappa shape index (κ2) is 4.45. The summed E-state index contributed by atoms with van der Waals surface area (Å²) in [7, 11) is 0. The molecular weight excluding hydrogens is 258 g/mol. The van der Waals surface area contributed by atoms with Crippen molar-refractivity contribution in [1.82, 2.24) is 4.98 Å². The van der Waals surface area contributed by atoms with E-state index < -0.39 is 0 Å². The molecule has 21 heavy (non-hydrogen) atoms. The summed E-state index contributed by atoms with van der Waals surface area (Å²) in [5.74, 6) is 0.693. The molecule has 0 bridgehead atoms. The van der Waals surface area contributed by atoms with Crippen LogP contribution < -0.4 is 0 Å². The van der Waals surface area contributed by atoms with Crippen molar-refractivity contribution in [2.75, 3.05) is 0 Å². The second-order valence-electron chi connectivity index (χ2n) is 5.47. The third kappa shape index (κ3) is 1.91. The van der Waals surface area contributed by atoms with Crippen molar-refractivity contribution >= 4 is 21.9 Å². The van der Waals surface area contributed by atoms with E-state index in [1.54, 1.807) is 0 Å². The summed E-state index contributed by atoms with van der Waals surface area (Å²) in [4.78, 5) is 4.73. The molecule has 0 unspecified atom stereocenters. The highest BCUT2D eigenvalue weighted by atomic mass is 16.3. The van der Waals surface area contributed by atoms with Crippen LogP contribution in [-0.4, -0.2) is 4.98 Å². The first-order valence-corrected chi connectivity index (χ1v) is 7.08. The average Bonchev–Trinajstić information content (AvgIpc) is 2.91. The molecule has 0 radical (unpaired) electrons. The van der Waals surface area contributed by atoms with E-state index in [1.165, 1.54) is 16.5 Å². The van der Waals surface area contributed by atoms with Crippen LogP contribution in [0.1, 0.15) is 11.1 Å².